The smallest absolute Gasteiger partial charge is 0.312 e. The average Bonchev–Trinajstić information content (AvgIpc) is 2.34. The average molecular weight is 140 g/mol. The van der Waals surface area contributed by atoms with Gasteiger partial charge in [-0.25, -0.2) is 0 Å². The molecule has 1 aliphatic carbocycles. The van der Waals surface area contributed by atoms with Crippen LogP contribution in [0.1, 0.15) is 13.3 Å². The van der Waals surface area contributed by atoms with Crippen molar-refractivity contribution in [3.63, 3.8) is 0 Å². The molecule has 2 heteroatoms. The van der Waals surface area contributed by atoms with Crippen LogP contribution in [0.3, 0.4) is 0 Å². The molecule has 1 unspecified atom stereocenters. The van der Waals surface area contributed by atoms with E-state index in [0.29, 0.717) is 5.92 Å². The van der Waals surface area contributed by atoms with Crippen LogP contribution in [0.2, 0.25) is 0 Å². The van der Waals surface area contributed by atoms with Crippen molar-refractivity contribution in [2.45, 2.75) is 13.3 Å². The summed E-state index contributed by atoms with van der Waals surface area (Å²) in [6, 6.07) is 0. The normalized spacial score (nSPS) is 30.6. The van der Waals surface area contributed by atoms with Gasteiger partial charge in [0, 0.05) is 0 Å². The molecule has 0 aromatic carbocycles. The molecule has 0 fully saturated rings. The van der Waals surface area contributed by atoms with E-state index in [4.69, 9.17) is 0 Å². The second kappa shape index (κ2) is 2.86. The molecule has 0 saturated carbocycles. The van der Waals surface area contributed by atoms with Crippen LogP contribution in [0.4, 0.5) is 0 Å². The van der Waals surface area contributed by atoms with Crippen LogP contribution in [-0.4, -0.2) is 13.1 Å². The second-order valence-corrected chi connectivity index (χ2v) is 2.73. The summed E-state index contributed by atoms with van der Waals surface area (Å²) in [6.07, 6.45) is 4.89. The van der Waals surface area contributed by atoms with E-state index in [-0.39, 0.29) is 11.9 Å². The topological polar surface area (TPSA) is 26.3 Å². The van der Waals surface area contributed by atoms with E-state index >= 15 is 0 Å². The summed E-state index contributed by atoms with van der Waals surface area (Å²) in [4.78, 5) is 10.9. The first-order valence-corrected chi connectivity index (χ1v) is 3.50. The van der Waals surface area contributed by atoms with Crippen LogP contribution in [0.5, 0.6) is 0 Å². The van der Waals surface area contributed by atoms with Gasteiger partial charge in [-0.1, -0.05) is 19.1 Å². The molecular formula is C8H12O2. The number of carbonyl (C=O) groups is 1. The predicted octanol–water partition coefficient (Wildman–Crippen LogP) is 1.37. The zero-order chi connectivity index (χ0) is 7.56. The maximum absolute atomic E-state index is 10.9. The largest absolute Gasteiger partial charge is 0.469 e. The van der Waals surface area contributed by atoms with Gasteiger partial charge in [0.05, 0.1) is 13.0 Å². The molecular weight excluding hydrogens is 128 g/mol. The Bertz CT molecular complexity index is 161. The highest BCUT2D eigenvalue weighted by Crippen LogP contribution is 2.23. The number of methoxy groups -OCH3 is 1. The van der Waals surface area contributed by atoms with Gasteiger partial charge in [0.15, 0.2) is 0 Å². The van der Waals surface area contributed by atoms with E-state index in [1.807, 2.05) is 6.08 Å². The highest BCUT2D eigenvalue weighted by molar-refractivity contribution is 5.74. The Hall–Kier alpha value is -0.790. The number of hydrogen-bond acceptors (Lipinski definition) is 2. The van der Waals surface area contributed by atoms with Gasteiger partial charge in [-0.15, -0.1) is 0 Å². The van der Waals surface area contributed by atoms with E-state index < -0.39 is 0 Å². The lowest BCUT2D eigenvalue weighted by molar-refractivity contribution is -0.143. The van der Waals surface area contributed by atoms with Crippen LogP contribution in [0.15, 0.2) is 12.2 Å². The molecule has 0 aliphatic heterocycles. The number of ether oxygens (including phenoxy) is 1. The Balaban J connectivity index is 2.46. The summed E-state index contributed by atoms with van der Waals surface area (Å²) in [5.41, 5.74) is 0. The van der Waals surface area contributed by atoms with Crippen molar-refractivity contribution in [3.05, 3.63) is 12.2 Å². The highest BCUT2D eigenvalue weighted by Gasteiger charge is 2.22. The number of allylic oxidation sites excluding steroid dienone is 1. The number of esters is 1. The molecule has 0 aromatic rings. The molecule has 0 aromatic heterocycles. The molecule has 0 heterocycles. The number of rotatable bonds is 1. The van der Waals surface area contributed by atoms with E-state index in [1.165, 1.54) is 7.11 Å². The number of carbonyl (C=O) groups excluding carboxylic acids is 1. The SMILES string of the molecule is COC(=O)C1C=C[C@H](C)C1. The van der Waals surface area contributed by atoms with Gasteiger partial charge < -0.3 is 4.74 Å². The minimum atomic E-state index is -0.111. The van der Waals surface area contributed by atoms with Crippen molar-refractivity contribution >= 4 is 5.97 Å². The fourth-order valence-corrected chi connectivity index (χ4v) is 1.21. The Morgan fingerprint density at radius 1 is 1.60 bits per heavy atom. The van der Waals surface area contributed by atoms with Crippen LogP contribution in [-0.2, 0) is 9.53 Å². The summed E-state index contributed by atoms with van der Waals surface area (Å²) in [5, 5.41) is 0. The summed E-state index contributed by atoms with van der Waals surface area (Å²) in [5.74, 6) is 0.435. The van der Waals surface area contributed by atoms with Crippen molar-refractivity contribution < 1.29 is 9.53 Å². The van der Waals surface area contributed by atoms with Crippen molar-refractivity contribution in [3.8, 4) is 0 Å². The van der Waals surface area contributed by atoms with Gasteiger partial charge in [-0.3, -0.25) is 4.79 Å². The minimum Gasteiger partial charge on any atom is -0.469 e. The van der Waals surface area contributed by atoms with Gasteiger partial charge in [0.25, 0.3) is 0 Å². The molecule has 2 atom stereocenters. The summed E-state index contributed by atoms with van der Waals surface area (Å²) in [6.45, 7) is 2.10. The molecule has 0 N–H and O–H groups in total. The standard InChI is InChI=1S/C8H12O2/c1-6-3-4-7(5-6)8(9)10-2/h3-4,6-7H,5H2,1-2H3/t6-,7?/m0/s1. The highest BCUT2D eigenvalue weighted by atomic mass is 16.5. The van der Waals surface area contributed by atoms with Gasteiger partial charge in [0.1, 0.15) is 0 Å². The maximum Gasteiger partial charge on any atom is 0.312 e. The lowest BCUT2D eigenvalue weighted by Gasteiger charge is -2.04. The molecule has 0 bridgehead atoms. The molecule has 1 rings (SSSR count). The summed E-state index contributed by atoms with van der Waals surface area (Å²) < 4.78 is 4.59. The fourth-order valence-electron chi connectivity index (χ4n) is 1.21. The predicted molar refractivity (Wildman–Crippen MR) is 38.4 cm³/mol. The zero-order valence-corrected chi connectivity index (χ0v) is 6.33. The molecule has 0 radical (unpaired) electrons. The third-order valence-corrected chi connectivity index (χ3v) is 1.80. The van der Waals surface area contributed by atoms with Gasteiger partial charge >= 0.3 is 5.97 Å². The summed E-state index contributed by atoms with van der Waals surface area (Å²) in [7, 11) is 1.43. The van der Waals surface area contributed by atoms with Crippen molar-refractivity contribution in [2.24, 2.45) is 11.8 Å². The monoisotopic (exact) mass is 140 g/mol. The van der Waals surface area contributed by atoms with Crippen LogP contribution in [0, 0.1) is 11.8 Å². The van der Waals surface area contributed by atoms with Crippen molar-refractivity contribution in [2.75, 3.05) is 7.11 Å². The Labute approximate surface area is 60.9 Å². The lowest BCUT2D eigenvalue weighted by Crippen LogP contribution is -2.12. The molecule has 0 amide bonds. The Morgan fingerprint density at radius 3 is 2.70 bits per heavy atom. The minimum absolute atomic E-state index is 0.0139. The molecule has 1 aliphatic rings. The van der Waals surface area contributed by atoms with E-state index in [1.54, 1.807) is 0 Å². The van der Waals surface area contributed by atoms with E-state index in [0.717, 1.165) is 6.42 Å². The molecule has 0 saturated heterocycles. The van der Waals surface area contributed by atoms with Gasteiger partial charge in [-0.2, -0.15) is 0 Å². The van der Waals surface area contributed by atoms with Gasteiger partial charge in [0.2, 0.25) is 0 Å². The third-order valence-electron chi connectivity index (χ3n) is 1.80. The van der Waals surface area contributed by atoms with Crippen molar-refractivity contribution in [1.29, 1.82) is 0 Å². The summed E-state index contributed by atoms with van der Waals surface area (Å²) >= 11 is 0. The van der Waals surface area contributed by atoms with E-state index in [9.17, 15) is 4.79 Å². The first-order chi connectivity index (χ1) is 4.74. The Kier molecular flexibility index (Phi) is 2.10. The first kappa shape index (κ1) is 7.32. The first-order valence-electron chi connectivity index (χ1n) is 3.50. The zero-order valence-electron chi connectivity index (χ0n) is 6.33. The molecule has 2 nitrogen and oxygen atoms in total. The molecule has 10 heavy (non-hydrogen) atoms. The Morgan fingerprint density at radius 2 is 2.30 bits per heavy atom. The van der Waals surface area contributed by atoms with Crippen LogP contribution in [0.25, 0.3) is 0 Å². The number of hydrogen-bond donors (Lipinski definition) is 0. The molecule has 0 spiro atoms. The van der Waals surface area contributed by atoms with Crippen LogP contribution < -0.4 is 0 Å². The van der Waals surface area contributed by atoms with Gasteiger partial charge in [-0.05, 0) is 12.3 Å². The molecule has 56 valence electrons. The maximum atomic E-state index is 10.9. The van der Waals surface area contributed by atoms with Crippen molar-refractivity contribution in [1.82, 2.24) is 0 Å². The van der Waals surface area contributed by atoms with Crippen LogP contribution >= 0.6 is 0 Å². The quantitative estimate of drug-likeness (QED) is 0.406. The fraction of sp³-hybridized carbons (Fsp3) is 0.625. The lowest BCUT2D eigenvalue weighted by atomic mass is 10.1. The third kappa shape index (κ3) is 1.38. The van der Waals surface area contributed by atoms with E-state index in [2.05, 4.69) is 17.7 Å². The second-order valence-electron chi connectivity index (χ2n) is 2.73.